The summed E-state index contributed by atoms with van der Waals surface area (Å²) in [5.41, 5.74) is 1.15. The maximum absolute atomic E-state index is 4.16. The number of nitrogens with zero attached hydrogens (tertiary/aromatic N) is 1. The van der Waals surface area contributed by atoms with Crippen molar-refractivity contribution in [3.8, 4) is 0 Å². The topological polar surface area (TPSA) is 15.3 Å². The fourth-order valence-corrected chi connectivity index (χ4v) is 1.53. The van der Waals surface area contributed by atoms with Crippen molar-refractivity contribution < 1.29 is 0 Å². The number of hydrogen-bond donors (Lipinski definition) is 1. The van der Waals surface area contributed by atoms with Crippen molar-refractivity contribution in [1.82, 2.24) is 10.2 Å². The zero-order valence-corrected chi connectivity index (χ0v) is 11.6. The highest BCUT2D eigenvalue weighted by molar-refractivity contribution is 5.02. The molecule has 0 saturated heterocycles. The molecule has 0 amide bonds. The summed E-state index contributed by atoms with van der Waals surface area (Å²) in [6.45, 7) is 20.8. The molecule has 0 aliphatic heterocycles. The molecule has 0 heterocycles. The fourth-order valence-electron chi connectivity index (χ4n) is 1.53. The molecular weight excluding hydrogens is 196 g/mol. The lowest BCUT2D eigenvalue weighted by Gasteiger charge is -2.33. The van der Waals surface area contributed by atoms with E-state index in [0.717, 1.165) is 18.8 Å². The third-order valence-corrected chi connectivity index (χ3v) is 2.52. The van der Waals surface area contributed by atoms with Gasteiger partial charge in [0.25, 0.3) is 0 Å². The van der Waals surface area contributed by atoms with Gasteiger partial charge in [0, 0.05) is 30.9 Å². The van der Waals surface area contributed by atoms with E-state index in [9.17, 15) is 0 Å². The predicted molar refractivity (Wildman–Crippen MR) is 73.5 cm³/mol. The third kappa shape index (κ3) is 5.96. The van der Waals surface area contributed by atoms with Gasteiger partial charge in [0.05, 0.1) is 0 Å². The molecule has 0 aliphatic carbocycles. The summed E-state index contributed by atoms with van der Waals surface area (Å²) < 4.78 is 0. The Labute approximate surface area is 101 Å². The smallest absolute Gasteiger partial charge is 0.0439 e. The lowest BCUT2D eigenvalue weighted by molar-refractivity contribution is 0.265. The van der Waals surface area contributed by atoms with Crippen LogP contribution in [0.3, 0.4) is 0 Å². The highest BCUT2D eigenvalue weighted by Gasteiger charge is 2.14. The van der Waals surface area contributed by atoms with E-state index in [1.54, 1.807) is 0 Å². The summed E-state index contributed by atoms with van der Waals surface area (Å²) in [6.07, 6.45) is 1.98. The van der Waals surface area contributed by atoms with Crippen molar-refractivity contribution >= 4 is 0 Å². The lowest BCUT2D eigenvalue weighted by Crippen LogP contribution is -2.38. The summed E-state index contributed by atoms with van der Waals surface area (Å²) in [4.78, 5) is 2.33. The summed E-state index contributed by atoms with van der Waals surface area (Å²) in [5, 5.41) is 3.40. The quantitative estimate of drug-likeness (QED) is 0.638. The van der Waals surface area contributed by atoms with Gasteiger partial charge in [-0.15, -0.1) is 6.58 Å². The van der Waals surface area contributed by atoms with Crippen LogP contribution in [0.5, 0.6) is 0 Å². The number of hydrogen-bond acceptors (Lipinski definition) is 2. The van der Waals surface area contributed by atoms with Gasteiger partial charge in [-0.3, -0.25) is 0 Å². The van der Waals surface area contributed by atoms with E-state index < -0.39 is 0 Å². The molecule has 0 saturated carbocycles. The van der Waals surface area contributed by atoms with E-state index in [1.807, 2.05) is 6.08 Å². The van der Waals surface area contributed by atoms with E-state index in [4.69, 9.17) is 0 Å². The van der Waals surface area contributed by atoms with Gasteiger partial charge in [0.2, 0.25) is 0 Å². The van der Waals surface area contributed by atoms with Crippen molar-refractivity contribution in [3.05, 3.63) is 24.9 Å². The highest BCUT2D eigenvalue weighted by Crippen LogP contribution is 2.11. The molecule has 16 heavy (non-hydrogen) atoms. The average molecular weight is 224 g/mol. The monoisotopic (exact) mass is 224 g/mol. The van der Waals surface area contributed by atoms with Crippen LogP contribution in [0.4, 0.5) is 0 Å². The fraction of sp³-hybridized carbons (Fsp3) is 0.714. The van der Waals surface area contributed by atoms with Crippen LogP contribution in [0.25, 0.3) is 0 Å². The zero-order valence-electron chi connectivity index (χ0n) is 11.6. The molecule has 94 valence electrons. The Morgan fingerprint density at radius 2 is 1.81 bits per heavy atom. The van der Waals surface area contributed by atoms with Crippen molar-refractivity contribution in [2.24, 2.45) is 5.92 Å². The Morgan fingerprint density at radius 3 is 2.19 bits per heavy atom. The van der Waals surface area contributed by atoms with Gasteiger partial charge in [-0.25, -0.2) is 0 Å². The first kappa shape index (κ1) is 15.2. The van der Waals surface area contributed by atoms with Crippen molar-refractivity contribution in [2.45, 2.75) is 46.7 Å². The molecule has 0 bridgehead atoms. The molecule has 0 rings (SSSR count). The van der Waals surface area contributed by atoms with Gasteiger partial charge in [-0.1, -0.05) is 40.3 Å². The molecule has 0 spiro atoms. The first-order valence-electron chi connectivity index (χ1n) is 6.18. The van der Waals surface area contributed by atoms with Gasteiger partial charge in [-0.2, -0.15) is 0 Å². The van der Waals surface area contributed by atoms with Crippen LogP contribution in [0.15, 0.2) is 24.9 Å². The van der Waals surface area contributed by atoms with Gasteiger partial charge < -0.3 is 10.2 Å². The second kappa shape index (κ2) is 7.50. The molecule has 0 radical (unpaired) electrons. The summed E-state index contributed by atoms with van der Waals surface area (Å²) in [5.74, 6) is 0.637. The van der Waals surface area contributed by atoms with Crippen LogP contribution < -0.4 is 5.32 Å². The molecule has 0 aliphatic rings. The summed E-state index contributed by atoms with van der Waals surface area (Å²) in [7, 11) is 0. The maximum Gasteiger partial charge on any atom is 0.0439 e. The highest BCUT2D eigenvalue weighted by atomic mass is 15.2. The zero-order chi connectivity index (χ0) is 12.7. The van der Waals surface area contributed by atoms with Crippen LogP contribution in [0.1, 0.15) is 34.6 Å². The van der Waals surface area contributed by atoms with Crippen molar-refractivity contribution in [3.63, 3.8) is 0 Å². The normalized spacial score (nSPS) is 12.9. The summed E-state index contributed by atoms with van der Waals surface area (Å²) >= 11 is 0. The molecule has 1 unspecified atom stereocenters. The van der Waals surface area contributed by atoms with Gasteiger partial charge in [0.15, 0.2) is 0 Å². The molecule has 0 aromatic rings. The molecule has 2 heteroatoms. The Kier molecular flexibility index (Phi) is 7.15. The Balaban J connectivity index is 4.37. The van der Waals surface area contributed by atoms with Crippen molar-refractivity contribution in [1.29, 1.82) is 0 Å². The predicted octanol–water partition coefficient (Wildman–Crippen LogP) is 3.03. The lowest BCUT2D eigenvalue weighted by atomic mass is 10.1. The second-order valence-electron chi connectivity index (χ2n) is 5.12. The van der Waals surface area contributed by atoms with E-state index in [2.05, 4.69) is 58.0 Å². The third-order valence-electron chi connectivity index (χ3n) is 2.52. The van der Waals surface area contributed by atoms with E-state index in [1.165, 1.54) is 0 Å². The van der Waals surface area contributed by atoms with Crippen molar-refractivity contribution in [2.75, 3.05) is 13.1 Å². The molecule has 2 nitrogen and oxygen atoms in total. The number of nitrogens with one attached hydrogen (secondary N) is 1. The summed E-state index contributed by atoms with van der Waals surface area (Å²) in [6, 6.07) is 0.848. The van der Waals surface area contributed by atoms with Crippen LogP contribution in [-0.4, -0.2) is 30.1 Å². The Hall–Kier alpha value is -0.760. The van der Waals surface area contributed by atoms with E-state index >= 15 is 0 Å². The van der Waals surface area contributed by atoms with Gasteiger partial charge in [-0.05, 0) is 12.8 Å². The average Bonchev–Trinajstić information content (AvgIpc) is 2.21. The number of rotatable bonds is 8. The first-order valence-corrected chi connectivity index (χ1v) is 6.18. The SMILES string of the molecule is C=CC(C)N(CC(C)C)C(=C)CNC(C)C. The minimum absolute atomic E-state index is 0.351. The van der Waals surface area contributed by atoms with Gasteiger partial charge in [0.1, 0.15) is 0 Å². The minimum Gasteiger partial charge on any atom is -0.368 e. The van der Waals surface area contributed by atoms with Crippen LogP contribution >= 0.6 is 0 Å². The standard InChI is InChI=1S/C14H28N2/c1-8-13(6)16(10-11(2)3)14(7)9-15-12(4)5/h8,11-13,15H,1,7,9-10H2,2-6H3. The molecule has 1 atom stereocenters. The minimum atomic E-state index is 0.351. The van der Waals surface area contributed by atoms with Crippen LogP contribution in [0, 0.1) is 5.92 Å². The van der Waals surface area contributed by atoms with E-state index in [0.29, 0.717) is 18.0 Å². The molecule has 0 fully saturated rings. The Bertz CT molecular complexity index is 219. The second-order valence-corrected chi connectivity index (χ2v) is 5.12. The van der Waals surface area contributed by atoms with Crippen LogP contribution in [-0.2, 0) is 0 Å². The maximum atomic E-state index is 4.16. The van der Waals surface area contributed by atoms with E-state index in [-0.39, 0.29) is 0 Å². The molecule has 1 N–H and O–H groups in total. The largest absolute Gasteiger partial charge is 0.368 e. The molecular formula is C14H28N2. The Morgan fingerprint density at radius 1 is 1.25 bits per heavy atom. The van der Waals surface area contributed by atoms with Crippen LogP contribution in [0.2, 0.25) is 0 Å². The molecule has 0 aromatic carbocycles. The molecule has 0 aromatic heterocycles. The first-order chi connectivity index (χ1) is 7.38. The van der Waals surface area contributed by atoms with Gasteiger partial charge >= 0.3 is 0 Å².